The maximum atomic E-state index is 10.0. The first kappa shape index (κ1) is 11.9. The number of rotatable bonds is 2. The van der Waals surface area contributed by atoms with Crippen LogP contribution in [0.15, 0.2) is 48.9 Å². The molecule has 0 saturated carbocycles. The number of hydrogen-bond donors (Lipinski definition) is 1. The Morgan fingerprint density at radius 3 is 2.74 bits per heavy atom. The molecule has 0 aliphatic rings. The van der Waals surface area contributed by atoms with E-state index in [0.717, 1.165) is 22.3 Å². The lowest BCUT2D eigenvalue weighted by atomic mass is 9.98. The fourth-order valence-corrected chi connectivity index (χ4v) is 1.99. The van der Waals surface area contributed by atoms with Gasteiger partial charge in [0.15, 0.2) is 0 Å². The van der Waals surface area contributed by atoms with E-state index in [1.807, 2.05) is 41.0 Å². The SMILES string of the molecule is CC(C)(O)c1cncc(-c2cc3ccccn3n2)c1. The number of aromatic nitrogens is 3. The van der Waals surface area contributed by atoms with Crippen molar-refractivity contribution in [3.63, 3.8) is 0 Å². The molecule has 3 aromatic heterocycles. The highest BCUT2D eigenvalue weighted by Gasteiger charge is 2.17. The Hall–Kier alpha value is -2.20. The van der Waals surface area contributed by atoms with Crippen molar-refractivity contribution in [1.82, 2.24) is 14.6 Å². The van der Waals surface area contributed by atoms with Crippen LogP contribution in [0.2, 0.25) is 0 Å². The van der Waals surface area contributed by atoms with Crippen molar-refractivity contribution >= 4 is 5.52 Å². The van der Waals surface area contributed by atoms with E-state index in [1.54, 1.807) is 26.2 Å². The van der Waals surface area contributed by atoms with Crippen LogP contribution >= 0.6 is 0 Å². The summed E-state index contributed by atoms with van der Waals surface area (Å²) in [5.41, 5.74) is 2.67. The van der Waals surface area contributed by atoms with Crippen LogP contribution in [0, 0.1) is 0 Å². The smallest absolute Gasteiger partial charge is 0.0949 e. The van der Waals surface area contributed by atoms with Gasteiger partial charge < -0.3 is 5.11 Å². The minimum absolute atomic E-state index is 0.780. The summed E-state index contributed by atoms with van der Waals surface area (Å²) in [4.78, 5) is 4.19. The van der Waals surface area contributed by atoms with Gasteiger partial charge in [0.2, 0.25) is 0 Å². The lowest BCUT2D eigenvalue weighted by Crippen LogP contribution is -2.15. The first-order valence-corrected chi connectivity index (χ1v) is 6.17. The molecule has 96 valence electrons. The van der Waals surface area contributed by atoms with Crippen LogP contribution in [0.25, 0.3) is 16.8 Å². The van der Waals surface area contributed by atoms with Gasteiger partial charge in [-0.15, -0.1) is 0 Å². The Labute approximate surface area is 111 Å². The van der Waals surface area contributed by atoms with E-state index in [2.05, 4.69) is 10.1 Å². The summed E-state index contributed by atoms with van der Waals surface area (Å²) in [6, 6.07) is 9.85. The van der Waals surface area contributed by atoms with Crippen molar-refractivity contribution < 1.29 is 5.11 Å². The number of fused-ring (bicyclic) bond motifs is 1. The van der Waals surface area contributed by atoms with E-state index >= 15 is 0 Å². The fraction of sp³-hybridized carbons (Fsp3) is 0.200. The van der Waals surface area contributed by atoms with Crippen molar-refractivity contribution in [1.29, 1.82) is 0 Å². The molecule has 0 saturated heterocycles. The first-order chi connectivity index (χ1) is 9.04. The predicted octanol–water partition coefficient (Wildman–Crippen LogP) is 2.62. The first-order valence-electron chi connectivity index (χ1n) is 6.17. The molecule has 0 aliphatic heterocycles. The Morgan fingerprint density at radius 2 is 2.00 bits per heavy atom. The molecule has 0 amide bonds. The second-order valence-corrected chi connectivity index (χ2v) is 5.12. The van der Waals surface area contributed by atoms with Crippen molar-refractivity contribution in [2.45, 2.75) is 19.4 Å². The molecule has 0 radical (unpaired) electrons. The summed E-state index contributed by atoms with van der Waals surface area (Å²) in [6.07, 6.45) is 5.35. The van der Waals surface area contributed by atoms with Gasteiger partial charge in [0.1, 0.15) is 0 Å². The van der Waals surface area contributed by atoms with Crippen molar-refractivity contribution in [3.8, 4) is 11.3 Å². The van der Waals surface area contributed by atoms with E-state index in [9.17, 15) is 5.11 Å². The van der Waals surface area contributed by atoms with Crippen LogP contribution in [-0.2, 0) is 5.60 Å². The Kier molecular flexibility index (Phi) is 2.61. The van der Waals surface area contributed by atoms with Crippen molar-refractivity contribution in [3.05, 3.63) is 54.5 Å². The lowest BCUT2D eigenvalue weighted by Gasteiger charge is -2.17. The van der Waals surface area contributed by atoms with Gasteiger partial charge in [-0.25, -0.2) is 4.52 Å². The number of nitrogens with zero attached hydrogens (tertiary/aromatic N) is 3. The van der Waals surface area contributed by atoms with Gasteiger partial charge in [0.05, 0.1) is 16.8 Å². The molecule has 0 fully saturated rings. The lowest BCUT2D eigenvalue weighted by molar-refractivity contribution is 0.0783. The molecule has 0 aliphatic carbocycles. The molecular formula is C15H15N3O. The summed E-state index contributed by atoms with van der Waals surface area (Å²) in [5, 5.41) is 14.5. The zero-order valence-electron chi connectivity index (χ0n) is 10.9. The number of hydrogen-bond acceptors (Lipinski definition) is 3. The van der Waals surface area contributed by atoms with Crippen molar-refractivity contribution in [2.24, 2.45) is 0 Å². The maximum Gasteiger partial charge on any atom is 0.0949 e. The Morgan fingerprint density at radius 1 is 1.16 bits per heavy atom. The summed E-state index contributed by atoms with van der Waals surface area (Å²) in [7, 11) is 0. The highest BCUT2D eigenvalue weighted by atomic mass is 16.3. The third-order valence-electron chi connectivity index (χ3n) is 3.11. The average molecular weight is 253 g/mol. The molecule has 19 heavy (non-hydrogen) atoms. The quantitative estimate of drug-likeness (QED) is 0.763. The summed E-state index contributed by atoms with van der Waals surface area (Å²) in [6.45, 7) is 3.49. The molecule has 4 heteroatoms. The van der Waals surface area contributed by atoms with Gasteiger partial charge in [-0.05, 0) is 38.1 Å². The minimum Gasteiger partial charge on any atom is -0.386 e. The zero-order valence-corrected chi connectivity index (χ0v) is 10.9. The van der Waals surface area contributed by atoms with Gasteiger partial charge in [0.25, 0.3) is 0 Å². The molecular weight excluding hydrogens is 238 g/mol. The topological polar surface area (TPSA) is 50.4 Å². The van der Waals surface area contributed by atoms with E-state index in [1.165, 1.54) is 0 Å². The van der Waals surface area contributed by atoms with E-state index in [-0.39, 0.29) is 0 Å². The van der Waals surface area contributed by atoms with Crippen LogP contribution in [0.4, 0.5) is 0 Å². The molecule has 3 rings (SSSR count). The van der Waals surface area contributed by atoms with Gasteiger partial charge in [-0.2, -0.15) is 5.10 Å². The highest BCUT2D eigenvalue weighted by Crippen LogP contribution is 2.25. The highest BCUT2D eigenvalue weighted by molar-refractivity contribution is 5.65. The van der Waals surface area contributed by atoms with Gasteiger partial charge >= 0.3 is 0 Å². The molecule has 0 spiro atoms. The van der Waals surface area contributed by atoms with E-state index in [4.69, 9.17) is 0 Å². The molecule has 0 unspecified atom stereocenters. The molecule has 1 N–H and O–H groups in total. The summed E-state index contributed by atoms with van der Waals surface area (Å²) >= 11 is 0. The zero-order chi connectivity index (χ0) is 13.5. The molecule has 4 nitrogen and oxygen atoms in total. The van der Waals surface area contributed by atoms with Crippen LogP contribution in [0.1, 0.15) is 19.4 Å². The number of aliphatic hydroxyl groups is 1. The monoisotopic (exact) mass is 253 g/mol. The minimum atomic E-state index is -0.901. The van der Waals surface area contributed by atoms with Gasteiger partial charge in [-0.1, -0.05) is 6.07 Å². The third-order valence-corrected chi connectivity index (χ3v) is 3.11. The molecule has 3 heterocycles. The average Bonchev–Trinajstić information content (AvgIpc) is 2.81. The Bertz CT molecular complexity index is 692. The van der Waals surface area contributed by atoms with E-state index < -0.39 is 5.60 Å². The second-order valence-electron chi connectivity index (χ2n) is 5.12. The standard InChI is InChI=1S/C15H15N3O/c1-15(2,19)12-7-11(9-16-10-12)14-8-13-5-3-4-6-18(13)17-14/h3-10,19H,1-2H3. The van der Waals surface area contributed by atoms with E-state index in [0.29, 0.717) is 0 Å². The molecule has 3 aromatic rings. The molecule has 0 atom stereocenters. The largest absolute Gasteiger partial charge is 0.386 e. The molecule has 0 aromatic carbocycles. The number of pyridine rings is 2. The van der Waals surface area contributed by atoms with Gasteiger partial charge in [0, 0.05) is 29.7 Å². The predicted molar refractivity (Wildman–Crippen MR) is 73.7 cm³/mol. The second kappa shape index (κ2) is 4.17. The summed E-state index contributed by atoms with van der Waals surface area (Å²) < 4.78 is 1.83. The van der Waals surface area contributed by atoms with Crippen LogP contribution in [0.5, 0.6) is 0 Å². The van der Waals surface area contributed by atoms with Crippen molar-refractivity contribution in [2.75, 3.05) is 0 Å². The summed E-state index contributed by atoms with van der Waals surface area (Å²) in [5.74, 6) is 0. The molecule has 0 bridgehead atoms. The Balaban J connectivity index is 2.11. The third kappa shape index (κ3) is 2.22. The van der Waals surface area contributed by atoms with Crippen LogP contribution in [0.3, 0.4) is 0 Å². The van der Waals surface area contributed by atoms with Gasteiger partial charge in [-0.3, -0.25) is 4.98 Å². The van der Waals surface area contributed by atoms with Crippen LogP contribution < -0.4 is 0 Å². The fourth-order valence-electron chi connectivity index (χ4n) is 1.99. The normalized spacial score (nSPS) is 11.9. The maximum absolute atomic E-state index is 10.0. The van der Waals surface area contributed by atoms with Crippen LogP contribution in [-0.4, -0.2) is 19.7 Å².